The Morgan fingerprint density at radius 1 is 1.03 bits per heavy atom. The van der Waals surface area contributed by atoms with Crippen molar-refractivity contribution >= 4 is 28.6 Å². The zero-order chi connectivity index (χ0) is 22.2. The number of aromatic nitrogens is 4. The highest BCUT2D eigenvalue weighted by molar-refractivity contribution is 5.98. The highest BCUT2D eigenvalue weighted by Crippen LogP contribution is 2.32. The van der Waals surface area contributed by atoms with Crippen LogP contribution in [0, 0.1) is 12.7 Å². The number of ketones is 1. The summed E-state index contributed by atoms with van der Waals surface area (Å²) < 4.78 is 13.3. The summed E-state index contributed by atoms with van der Waals surface area (Å²) in [5.74, 6) is 0.431. The van der Waals surface area contributed by atoms with E-state index in [4.69, 9.17) is 0 Å². The molecule has 0 unspecified atom stereocenters. The molecule has 0 radical (unpaired) electrons. The summed E-state index contributed by atoms with van der Waals surface area (Å²) in [4.78, 5) is 30.7. The van der Waals surface area contributed by atoms with Crippen molar-refractivity contribution in [2.24, 2.45) is 0 Å². The molecule has 7 heteroatoms. The first-order valence-corrected chi connectivity index (χ1v) is 10.7. The lowest BCUT2D eigenvalue weighted by Crippen LogP contribution is -2.21. The van der Waals surface area contributed by atoms with E-state index in [9.17, 15) is 9.18 Å². The molecular formula is C25H22FN5O. The molecule has 2 aromatic carbocycles. The van der Waals surface area contributed by atoms with Crippen LogP contribution in [0.3, 0.4) is 0 Å². The van der Waals surface area contributed by atoms with Gasteiger partial charge >= 0.3 is 0 Å². The number of nitrogens with one attached hydrogen (secondary N) is 1. The van der Waals surface area contributed by atoms with Gasteiger partial charge in [0.15, 0.2) is 5.78 Å². The average molecular weight is 427 g/mol. The lowest BCUT2D eigenvalue weighted by Gasteiger charge is -2.23. The fraction of sp³-hybridized carbons (Fsp3) is 0.240. The standard InChI is InChI=1S/C25H22FN5O/c1-3-15-4-9-21-19(10-15)14(2)28-25(29-21)31-24-27-13-20-22(30-24)11-17(12-23(20)32)16-5-7-18(26)8-6-16/h4-10,13,17H,3,11-12H2,1-2H3,(H,27,28,29,30,31)/t17-/m0/s1. The van der Waals surface area contributed by atoms with Gasteiger partial charge in [-0.1, -0.05) is 25.1 Å². The van der Waals surface area contributed by atoms with Crippen LogP contribution in [0.25, 0.3) is 10.9 Å². The van der Waals surface area contributed by atoms with Crippen LogP contribution in [0.4, 0.5) is 16.3 Å². The number of nitrogens with zero attached hydrogens (tertiary/aromatic N) is 4. The van der Waals surface area contributed by atoms with E-state index in [2.05, 4.69) is 44.3 Å². The summed E-state index contributed by atoms with van der Waals surface area (Å²) >= 11 is 0. The second-order valence-electron chi connectivity index (χ2n) is 8.10. The number of halogens is 1. The Balaban J connectivity index is 1.43. The van der Waals surface area contributed by atoms with Crippen molar-refractivity contribution in [3.05, 3.63) is 82.6 Å². The van der Waals surface area contributed by atoms with Gasteiger partial charge in [-0.15, -0.1) is 0 Å². The van der Waals surface area contributed by atoms with Crippen molar-refractivity contribution in [3.8, 4) is 0 Å². The highest BCUT2D eigenvalue weighted by Gasteiger charge is 2.28. The first-order chi connectivity index (χ1) is 15.5. The third-order valence-electron chi connectivity index (χ3n) is 5.96. The van der Waals surface area contributed by atoms with Crippen LogP contribution in [-0.4, -0.2) is 25.7 Å². The second-order valence-corrected chi connectivity index (χ2v) is 8.10. The summed E-state index contributed by atoms with van der Waals surface area (Å²) in [6, 6.07) is 12.5. The molecule has 2 heterocycles. The number of carbonyl (C=O) groups excluding carboxylic acids is 1. The van der Waals surface area contributed by atoms with E-state index in [1.807, 2.05) is 13.0 Å². The van der Waals surface area contributed by atoms with Crippen LogP contribution in [-0.2, 0) is 12.8 Å². The van der Waals surface area contributed by atoms with Crippen LogP contribution < -0.4 is 5.32 Å². The molecule has 1 atom stereocenters. The number of hydrogen-bond donors (Lipinski definition) is 1. The van der Waals surface area contributed by atoms with E-state index in [0.717, 1.165) is 28.6 Å². The molecule has 5 rings (SSSR count). The van der Waals surface area contributed by atoms with Crippen LogP contribution >= 0.6 is 0 Å². The molecule has 0 fully saturated rings. The van der Waals surface area contributed by atoms with E-state index in [1.165, 1.54) is 17.7 Å². The van der Waals surface area contributed by atoms with Gasteiger partial charge in [0.05, 0.1) is 22.5 Å². The Morgan fingerprint density at radius 2 is 1.84 bits per heavy atom. The fourth-order valence-electron chi connectivity index (χ4n) is 4.18. The van der Waals surface area contributed by atoms with E-state index in [-0.39, 0.29) is 17.5 Å². The van der Waals surface area contributed by atoms with Gasteiger partial charge in [-0.3, -0.25) is 10.1 Å². The smallest absolute Gasteiger partial charge is 0.230 e. The van der Waals surface area contributed by atoms with Crippen molar-refractivity contribution in [2.45, 2.75) is 39.0 Å². The molecule has 4 aromatic rings. The van der Waals surface area contributed by atoms with Crippen LogP contribution in [0.15, 0.2) is 48.7 Å². The summed E-state index contributed by atoms with van der Waals surface area (Å²) in [7, 11) is 0. The maximum Gasteiger partial charge on any atom is 0.230 e. The van der Waals surface area contributed by atoms with Crippen LogP contribution in [0.2, 0.25) is 0 Å². The number of rotatable bonds is 4. The molecular weight excluding hydrogens is 405 g/mol. The minimum atomic E-state index is -0.290. The lowest BCUT2D eigenvalue weighted by molar-refractivity contribution is 0.0962. The van der Waals surface area contributed by atoms with Gasteiger partial charge in [-0.2, -0.15) is 0 Å². The van der Waals surface area contributed by atoms with Crippen molar-refractivity contribution < 1.29 is 9.18 Å². The highest BCUT2D eigenvalue weighted by atomic mass is 19.1. The molecule has 0 bridgehead atoms. The van der Waals surface area contributed by atoms with Crippen molar-refractivity contribution in [2.75, 3.05) is 5.32 Å². The second kappa shape index (κ2) is 8.07. The summed E-state index contributed by atoms with van der Waals surface area (Å²) in [5.41, 5.74) is 5.11. The predicted molar refractivity (Wildman–Crippen MR) is 121 cm³/mol. The molecule has 1 N–H and O–H groups in total. The molecule has 0 aliphatic heterocycles. The average Bonchev–Trinajstić information content (AvgIpc) is 2.79. The van der Waals surface area contributed by atoms with E-state index in [0.29, 0.717) is 36.0 Å². The zero-order valence-corrected chi connectivity index (χ0v) is 17.9. The number of carbonyl (C=O) groups is 1. The number of fused-ring (bicyclic) bond motifs is 2. The SMILES string of the molecule is CCc1ccc2nc(Nc3ncc4c(n3)C[C@H](c3ccc(F)cc3)CC4=O)nc(C)c2c1. The number of hydrogen-bond acceptors (Lipinski definition) is 6. The van der Waals surface area contributed by atoms with Gasteiger partial charge in [0.1, 0.15) is 5.82 Å². The Hall–Kier alpha value is -3.74. The third-order valence-corrected chi connectivity index (χ3v) is 5.96. The minimum Gasteiger partial charge on any atom is -0.294 e. The molecule has 0 spiro atoms. The largest absolute Gasteiger partial charge is 0.294 e. The van der Waals surface area contributed by atoms with E-state index >= 15 is 0 Å². The van der Waals surface area contributed by atoms with Gasteiger partial charge < -0.3 is 0 Å². The monoisotopic (exact) mass is 427 g/mol. The normalized spacial score (nSPS) is 15.6. The molecule has 2 aromatic heterocycles. The van der Waals surface area contributed by atoms with Crippen LogP contribution in [0.5, 0.6) is 0 Å². The number of benzene rings is 2. The maximum absolute atomic E-state index is 13.3. The van der Waals surface area contributed by atoms with Gasteiger partial charge in [0, 0.05) is 18.0 Å². The molecule has 1 aliphatic carbocycles. The van der Waals surface area contributed by atoms with Crippen molar-refractivity contribution in [1.82, 2.24) is 19.9 Å². The molecule has 0 saturated heterocycles. The fourth-order valence-corrected chi connectivity index (χ4v) is 4.18. The summed E-state index contributed by atoms with van der Waals surface area (Å²) in [5, 5.41) is 4.11. The predicted octanol–water partition coefficient (Wildman–Crippen LogP) is 5.09. The molecule has 0 amide bonds. The summed E-state index contributed by atoms with van der Waals surface area (Å²) in [6.07, 6.45) is 3.47. The van der Waals surface area contributed by atoms with E-state index in [1.54, 1.807) is 18.3 Å². The number of Topliss-reactive ketones (excluding diaryl/α,β-unsaturated/α-hetero) is 1. The Bertz CT molecular complexity index is 1340. The maximum atomic E-state index is 13.3. The number of anilines is 2. The minimum absolute atomic E-state index is 0.00310. The van der Waals surface area contributed by atoms with E-state index < -0.39 is 0 Å². The zero-order valence-electron chi connectivity index (χ0n) is 17.9. The number of aryl methyl sites for hydroxylation is 2. The third kappa shape index (κ3) is 3.82. The van der Waals surface area contributed by atoms with Gasteiger partial charge in [0.2, 0.25) is 11.9 Å². The molecule has 0 saturated carbocycles. The Labute approximate surface area is 185 Å². The first-order valence-electron chi connectivity index (χ1n) is 10.7. The van der Waals surface area contributed by atoms with Gasteiger partial charge in [0.25, 0.3) is 0 Å². The Kier molecular flexibility index (Phi) is 5.09. The van der Waals surface area contributed by atoms with Crippen molar-refractivity contribution in [3.63, 3.8) is 0 Å². The van der Waals surface area contributed by atoms with Gasteiger partial charge in [-0.25, -0.2) is 24.3 Å². The molecule has 6 nitrogen and oxygen atoms in total. The quantitative estimate of drug-likeness (QED) is 0.489. The topological polar surface area (TPSA) is 80.7 Å². The summed E-state index contributed by atoms with van der Waals surface area (Å²) in [6.45, 7) is 4.07. The lowest BCUT2D eigenvalue weighted by atomic mass is 9.82. The molecule has 32 heavy (non-hydrogen) atoms. The first kappa shape index (κ1) is 20.2. The van der Waals surface area contributed by atoms with Crippen LogP contribution in [0.1, 0.15) is 52.1 Å². The Morgan fingerprint density at radius 3 is 2.62 bits per heavy atom. The van der Waals surface area contributed by atoms with Crippen molar-refractivity contribution in [1.29, 1.82) is 0 Å². The molecule has 1 aliphatic rings. The van der Waals surface area contributed by atoms with Gasteiger partial charge in [-0.05, 0) is 61.1 Å². The molecule has 160 valence electrons.